The van der Waals surface area contributed by atoms with E-state index in [2.05, 4.69) is 6.07 Å². The third-order valence-corrected chi connectivity index (χ3v) is 2.20. The van der Waals surface area contributed by atoms with Gasteiger partial charge in [0.15, 0.2) is 0 Å². The molecule has 0 saturated heterocycles. The molecule has 1 aromatic rings. The van der Waals surface area contributed by atoms with Gasteiger partial charge in [0.1, 0.15) is 11.8 Å². The molecular weight excluding hydrogens is 192 g/mol. The first-order valence-corrected chi connectivity index (χ1v) is 4.68. The first-order chi connectivity index (χ1) is 7.19. The van der Waals surface area contributed by atoms with E-state index < -0.39 is 6.04 Å². The number of aliphatic hydroxyl groups excluding tert-OH is 1. The molecule has 0 fully saturated rings. The Morgan fingerprint density at radius 2 is 2.27 bits per heavy atom. The van der Waals surface area contributed by atoms with E-state index in [4.69, 9.17) is 10.4 Å². The number of aromatic hydroxyl groups is 1. The van der Waals surface area contributed by atoms with Crippen molar-refractivity contribution in [2.75, 3.05) is 20.2 Å². The van der Waals surface area contributed by atoms with Crippen molar-refractivity contribution >= 4 is 0 Å². The summed E-state index contributed by atoms with van der Waals surface area (Å²) in [4.78, 5) is 1.73. The Morgan fingerprint density at radius 3 is 2.80 bits per heavy atom. The first-order valence-electron chi connectivity index (χ1n) is 4.68. The molecule has 4 nitrogen and oxygen atoms in total. The van der Waals surface area contributed by atoms with Gasteiger partial charge in [-0.2, -0.15) is 5.26 Å². The molecule has 1 unspecified atom stereocenters. The molecule has 0 radical (unpaired) electrons. The topological polar surface area (TPSA) is 67.5 Å². The fraction of sp³-hybridized carbons (Fsp3) is 0.364. The van der Waals surface area contributed by atoms with Crippen LogP contribution in [0.25, 0.3) is 0 Å². The maximum atomic E-state index is 9.29. The Bertz CT molecular complexity index is 360. The summed E-state index contributed by atoms with van der Waals surface area (Å²) in [7, 11) is 1.76. The molecule has 15 heavy (non-hydrogen) atoms. The molecule has 2 N–H and O–H groups in total. The van der Waals surface area contributed by atoms with Gasteiger partial charge in [-0.15, -0.1) is 0 Å². The number of likely N-dealkylation sites (N-methyl/N-ethyl adjacent to an activating group) is 1. The molecule has 0 aliphatic heterocycles. The largest absolute Gasteiger partial charge is 0.508 e. The van der Waals surface area contributed by atoms with Crippen LogP contribution in [-0.2, 0) is 0 Å². The Morgan fingerprint density at radius 1 is 1.53 bits per heavy atom. The number of phenols is 1. The van der Waals surface area contributed by atoms with Crippen molar-refractivity contribution in [2.45, 2.75) is 6.04 Å². The molecule has 0 aliphatic rings. The number of benzene rings is 1. The monoisotopic (exact) mass is 206 g/mol. The second-order valence-electron chi connectivity index (χ2n) is 3.33. The molecule has 0 heterocycles. The molecule has 0 saturated carbocycles. The van der Waals surface area contributed by atoms with Crippen LogP contribution in [0.4, 0.5) is 0 Å². The third kappa shape index (κ3) is 2.94. The predicted molar refractivity (Wildman–Crippen MR) is 56.2 cm³/mol. The minimum Gasteiger partial charge on any atom is -0.508 e. The van der Waals surface area contributed by atoms with Gasteiger partial charge in [-0.05, 0) is 24.7 Å². The lowest BCUT2D eigenvalue weighted by molar-refractivity contribution is 0.203. The lowest BCUT2D eigenvalue weighted by atomic mass is 10.1. The van der Waals surface area contributed by atoms with Crippen LogP contribution in [0.5, 0.6) is 5.75 Å². The van der Waals surface area contributed by atoms with Crippen LogP contribution in [0.15, 0.2) is 24.3 Å². The van der Waals surface area contributed by atoms with Gasteiger partial charge in [-0.25, -0.2) is 0 Å². The van der Waals surface area contributed by atoms with Crippen molar-refractivity contribution in [3.05, 3.63) is 29.8 Å². The van der Waals surface area contributed by atoms with Crippen molar-refractivity contribution < 1.29 is 10.2 Å². The zero-order valence-corrected chi connectivity index (χ0v) is 8.59. The molecule has 0 aliphatic carbocycles. The van der Waals surface area contributed by atoms with E-state index in [0.29, 0.717) is 6.54 Å². The molecule has 1 atom stereocenters. The summed E-state index contributed by atoms with van der Waals surface area (Å²) in [6.07, 6.45) is 0. The molecule has 1 aromatic carbocycles. The average molecular weight is 206 g/mol. The van der Waals surface area contributed by atoms with Crippen LogP contribution in [-0.4, -0.2) is 35.3 Å². The summed E-state index contributed by atoms with van der Waals surface area (Å²) in [6.45, 7) is 0.432. The number of phenolic OH excluding ortho intramolecular Hbond substituents is 1. The molecular formula is C11H14N2O2. The number of aliphatic hydroxyl groups is 1. The fourth-order valence-corrected chi connectivity index (χ4v) is 1.41. The second-order valence-corrected chi connectivity index (χ2v) is 3.33. The van der Waals surface area contributed by atoms with Crippen LogP contribution in [0, 0.1) is 11.3 Å². The van der Waals surface area contributed by atoms with Gasteiger partial charge < -0.3 is 10.2 Å². The molecule has 1 rings (SSSR count). The summed E-state index contributed by atoms with van der Waals surface area (Å²) in [5, 5.41) is 27.1. The number of hydrogen-bond donors (Lipinski definition) is 2. The van der Waals surface area contributed by atoms with Crippen molar-refractivity contribution in [2.24, 2.45) is 0 Å². The number of nitrogens with zero attached hydrogens (tertiary/aromatic N) is 2. The molecule has 0 amide bonds. The zero-order chi connectivity index (χ0) is 11.3. The fourth-order valence-electron chi connectivity index (χ4n) is 1.41. The zero-order valence-electron chi connectivity index (χ0n) is 8.59. The Labute approximate surface area is 89.0 Å². The molecule has 80 valence electrons. The first kappa shape index (κ1) is 11.5. The highest BCUT2D eigenvalue weighted by molar-refractivity contribution is 5.32. The lowest BCUT2D eigenvalue weighted by Gasteiger charge is -2.21. The van der Waals surface area contributed by atoms with Gasteiger partial charge >= 0.3 is 0 Å². The predicted octanol–water partition coefficient (Wildman–Crippen LogP) is 0.881. The minimum absolute atomic E-state index is 0.00744. The highest BCUT2D eigenvalue weighted by atomic mass is 16.3. The van der Waals surface area contributed by atoms with E-state index in [1.165, 1.54) is 0 Å². The van der Waals surface area contributed by atoms with Crippen molar-refractivity contribution in [1.29, 1.82) is 5.26 Å². The smallest absolute Gasteiger partial charge is 0.123 e. The Balaban J connectivity index is 2.88. The third-order valence-electron chi connectivity index (χ3n) is 2.20. The molecule has 0 bridgehead atoms. The second kappa shape index (κ2) is 5.35. The van der Waals surface area contributed by atoms with Crippen LogP contribution in [0.3, 0.4) is 0 Å². The quantitative estimate of drug-likeness (QED) is 0.767. The van der Waals surface area contributed by atoms with Gasteiger partial charge in [0, 0.05) is 6.54 Å². The van der Waals surface area contributed by atoms with Gasteiger partial charge in [-0.1, -0.05) is 12.1 Å². The van der Waals surface area contributed by atoms with Crippen molar-refractivity contribution in [3.8, 4) is 11.8 Å². The number of rotatable bonds is 4. The van der Waals surface area contributed by atoms with Gasteiger partial charge in [-0.3, -0.25) is 4.90 Å². The number of hydrogen-bond acceptors (Lipinski definition) is 4. The summed E-state index contributed by atoms with van der Waals surface area (Å²) >= 11 is 0. The van der Waals surface area contributed by atoms with Gasteiger partial charge in [0.05, 0.1) is 12.7 Å². The van der Waals surface area contributed by atoms with Crippen molar-refractivity contribution in [1.82, 2.24) is 4.90 Å². The maximum Gasteiger partial charge on any atom is 0.123 e. The summed E-state index contributed by atoms with van der Waals surface area (Å²) in [6, 6.07) is 8.29. The van der Waals surface area contributed by atoms with Crippen molar-refractivity contribution in [3.63, 3.8) is 0 Å². The molecule has 4 heteroatoms. The summed E-state index contributed by atoms with van der Waals surface area (Å²) in [5.41, 5.74) is 0.730. The van der Waals surface area contributed by atoms with Crippen LogP contribution in [0.2, 0.25) is 0 Å². The maximum absolute atomic E-state index is 9.29. The molecule has 0 spiro atoms. The number of nitriles is 1. The minimum atomic E-state index is -0.441. The van der Waals surface area contributed by atoms with Gasteiger partial charge in [0.2, 0.25) is 0 Å². The Kier molecular flexibility index (Phi) is 4.10. The lowest BCUT2D eigenvalue weighted by Crippen LogP contribution is -2.26. The van der Waals surface area contributed by atoms with Crippen LogP contribution >= 0.6 is 0 Å². The Hall–Kier alpha value is -1.57. The van der Waals surface area contributed by atoms with Crippen LogP contribution < -0.4 is 0 Å². The van der Waals surface area contributed by atoms with E-state index in [1.807, 2.05) is 0 Å². The summed E-state index contributed by atoms with van der Waals surface area (Å²) in [5.74, 6) is 0.144. The van der Waals surface area contributed by atoms with E-state index >= 15 is 0 Å². The van der Waals surface area contributed by atoms with E-state index in [0.717, 1.165) is 5.56 Å². The van der Waals surface area contributed by atoms with E-state index in [-0.39, 0.29) is 12.4 Å². The highest BCUT2D eigenvalue weighted by Gasteiger charge is 2.15. The van der Waals surface area contributed by atoms with E-state index in [9.17, 15) is 5.11 Å². The van der Waals surface area contributed by atoms with E-state index in [1.54, 1.807) is 36.2 Å². The van der Waals surface area contributed by atoms with Crippen LogP contribution in [0.1, 0.15) is 11.6 Å². The standard InChI is InChI=1S/C11H14N2O2/c1-13(5-6-14)11(8-12)9-3-2-4-10(15)7-9/h2-4,7,11,14-15H,5-6H2,1H3. The summed E-state index contributed by atoms with van der Waals surface area (Å²) < 4.78 is 0. The highest BCUT2D eigenvalue weighted by Crippen LogP contribution is 2.21. The van der Waals surface area contributed by atoms with Gasteiger partial charge in [0.25, 0.3) is 0 Å². The molecule has 0 aromatic heterocycles. The normalized spacial score (nSPS) is 12.4. The SMILES string of the molecule is CN(CCO)C(C#N)c1cccc(O)c1. The average Bonchev–Trinajstić information content (AvgIpc) is 2.19.